The van der Waals surface area contributed by atoms with E-state index < -0.39 is 0 Å². The standard InChI is InChI=1S/C18H22N4O2/c1-10-6-16(22-18(19)20-10)21-17(13-8-14(23)9-13)12-2-3-15-11(7-12)4-5-24-15/h2-3,6-7,13-14,17,23H,4-5,8-9H2,1H3,(H3,19,20,21,22). The second-order valence-corrected chi connectivity index (χ2v) is 6.73. The summed E-state index contributed by atoms with van der Waals surface area (Å²) in [6, 6.07) is 8.34. The molecule has 1 unspecified atom stereocenters. The minimum absolute atomic E-state index is 0.0907. The van der Waals surface area contributed by atoms with Gasteiger partial charge in [0.05, 0.1) is 18.8 Å². The van der Waals surface area contributed by atoms with Crippen LogP contribution in [0, 0.1) is 12.8 Å². The quantitative estimate of drug-likeness (QED) is 0.798. The smallest absolute Gasteiger partial charge is 0.222 e. The molecule has 1 aromatic carbocycles. The number of hydrogen-bond donors (Lipinski definition) is 3. The number of rotatable bonds is 4. The Morgan fingerprint density at radius 3 is 2.88 bits per heavy atom. The number of nitrogens with zero attached hydrogens (tertiary/aromatic N) is 2. The lowest BCUT2D eigenvalue weighted by Crippen LogP contribution is -2.36. The molecule has 24 heavy (non-hydrogen) atoms. The highest BCUT2D eigenvalue weighted by Gasteiger charge is 2.35. The minimum atomic E-state index is -0.200. The Balaban J connectivity index is 1.64. The molecule has 6 heteroatoms. The number of aromatic nitrogens is 2. The summed E-state index contributed by atoms with van der Waals surface area (Å²) < 4.78 is 5.60. The second kappa shape index (κ2) is 5.94. The number of hydrogen-bond acceptors (Lipinski definition) is 6. The summed E-state index contributed by atoms with van der Waals surface area (Å²) in [4.78, 5) is 8.42. The number of aliphatic hydroxyl groups excluding tert-OH is 1. The number of ether oxygens (including phenoxy) is 1. The molecule has 0 spiro atoms. The van der Waals surface area contributed by atoms with Crippen LogP contribution in [0.4, 0.5) is 11.8 Å². The van der Waals surface area contributed by atoms with E-state index in [1.165, 1.54) is 11.1 Å². The van der Waals surface area contributed by atoms with Gasteiger partial charge in [-0.3, -0.25) is 0 Å². The molecular formula is C18H22N4O2. The fourth-order valence-corrected chi connectivity index (χ4v) is 3.60. The number of aliphatic hydroxyl groups is 1. The van der Waals surface area contributed by atoms with Gasteiger partial charge in [0.15, 0.2) is 0 Å². The average molecular weight is 326 g/mol. The fourth-order valence-electron chi connectivity index (χ4n) is 3.60. The van der Waals surface area contributed by atoms with Gasteiger partial charge in [-0.2, -0.15) is 4.98 Å². The molecular weight excluding hydrogens is 304 g/mol. The fraction of sp³-hybridized carbons (Fsp3) is 0.444. The first-order valence-electron chi connectivity index (χ1n) is 8.40. The molecule has 126 valence electrons. The summed E-state index contributed by atoms with van der Waals surface area (Å²) in [6.07, 6.45) is 2.34. The zero-order chi connectivity index (χ0) is 16.7. The molecule has 1 aromatic heterocycles. The van der Waals surface area contributed by atoms with E-state index in [2.05, 4.69) is 27.4 Å². The Kier molecular flexibility index (Phi) is 3.76. The van der Waals surface area contributed by atoms with Crippen LogP contribution in [0.25, 0.3) is 0 Å². The molecule has 1 aliphatic carbocycles. The molecule has 4 rings (SSSR count). The van der Waals surface area contributed by atoms with Crippen LogP contribution in [0.5, 0.6) is 5.75 Å². The summed E-state index contributed by atoms with van der Waals surface area (Å²) in [6.45, 7) is 2.65. The zero-order valence-electron chi connectivity index (χ0n) is 13.7. The highest BCUT2D eigenvalue weighted by Crippen LogP contribution is 2.41. The van der Waals surface area contributed by atoms with E-state index in [0.717, 1.165) is 43.1 Å². The first-order chi connectivity index (χ1) is 11.6. The van der Waals surface area contributed by atoms with E-state index in [1.54, 1.807) is 0 Å². The number of nitrogen functional groups attached to an aromatic ring is 1. The van der Waals surface area contributed by atoms with Crippen LogP contribution in [0.2, 0.25) is 0 Å². The maximum Gasteiger partial charge on any atom is 0.222 e. The zero-order valence-corrected chi connectivity index (χ0v) is 13.7. The third kappa shape index (κ3) is 2.89. The molecule has 0 amide bonds. The van der Waals surface area contributed by atoms with Crippen LogP contribution in [-0.4, -0.2) is 27.8 Å². The highest BCUT2D eigenvalue weighted by atomic mass is 16.5. The van der Waals surface area contributed by atoms with E-state index in [4.69, 9.17) is 10.5 Å². The van der Waals surface area contributed by atoms with Gasteiger partial charge in [0.2, 0.25) is 5.95 Å². The molecule has 2 aliphatic rings. The van der Waals surface area contributed by atoms with Crippen molar-refractivity contribution in [2.75, 3.05) is 17.7 Å². The number of anilines is 2. The van der Waals surface area contributed by atoms with Crippen molar-refractivity contribution < 1.29 is 9.84 Å². The van der Waals surface area contributed by atoms with Crippen molar-refractivity contribution in [3.8, 4) is 5.75 Å². The van der Waals surface area contributed by atoms with Crippen LogP contribution in [-0.2, 0) is 6.42 Å². The lowest BCUT2D eigenvalue weighted by molar-refractivity contribution is 0.0339. The summed E-state index contributed by atoms with van der Waals surface area (Å²) in [7, 11) is 0. The van der Waals surface area contributed by atoms with E-state index in [-0.39, 0.29) is 18.1 Å². The number of nitrogens with one attached hydrogen (secondary N) is 1. The van der Waals surface area contributed by atoms with Crippen LogP contribution in [0.1, 0.15) is 35.7 Å². The van der Waals surface area contributed by atoms with Crippen molar-refractivity contribution in [1.29, 1.82) is 0 Å². The van der Waals surface area contributed by atoms with Gasteiger partial charge in [-0.1, -0.05) is 6.07 Å². The second-order valence-electron chi connectivity index (χ2n) is 6.73. The molecule has 0 bridgehead atoms. The van der Waals surface area contributed by atoms with Crippen LogP contribution >= 0.6 is 0 Å². The van der Waals surface area contributed by atoms with Crippen molar-refractivity contribution in [3.63, 3.8) is 0 Å². The molecule has 1 aliphatic heterocycles. The summed E-state index contributed by atoms with van der Waals surface area (Å²) >= 11 is 0. The number of nitrogens with two attached hydrogens (primary N) is 1. The Bertz CT molecular complexity index is 738. The summed E-state index contributed by atoms with van der Waals surface area (Å²) in [5, 5.41) is 13.2. The van der Waals surface area contributed by atoms with Gasteiger partial charge in [-0.15, -0.1) is 0 Å². The third-order valence-corrected chi connectivity index (χ3v) is 4.87. The predicted octanol–water partition coefficient (Wildman–Crippen LogP) is 2.23. The Morgan fingerprint density at radius 1 is 1.29 bits per heavy atom. The van der Waals surface area contributed by atoms with Crippen molar-refractivity contribution in [3.05, 3.63) is 41.1 Å². The molecule has 0 saturated heterocycles. The van der Waals surface area contributed by atoms with Crippen molar-refractivity contribution in [2.45, 2.75) is 38.3 Å². The van der Waals surface area contributed by atoms with Gasteiger partial charge >= 0.3 is 0 Å². The highest BCUT2D eigenvalue weighted by molar-refractivity contribution is 5.46. The lowest BCUT2D eigenvalue weighted by atomic mass is 9.75. The van der Waals surface area contributed by atoms with Crippen LogP contribution in [0.15, 0.2) is 24.3 Å². The Morgan fingerprint density at radius 2 is 2.12 bits per heavy atom. The van der Waals surface area contributed by atoms with Crippen molar-refractivity contribution in [1.82, 2.24) is 9.97 Å². The summed E-state index contributed by atoms with van der Waals surface area (Å²) in [5.74, 6) is 2.35. The average Bonchev–Trinajstić information content (AvgIpc) is 2.96. The van der Waals surface area contributed by atoms with Crippen LogP contribution < -0.4 is 15.8 Å². The third-order valence-electron chi connectivity index (χ3n) is 4.87. The van der Waals surface area contributed by atoms with Gasteiger partial charge in [-0.25, -0.2) is 4.98 Å². The van der Waals surface area contributed by atoms with Crippen LogP contribution in [0.3, 0.4) is 0 Å². The van der Waals surface area contributed by atoms with Gasteiger partial charge in [-0.05, 0) is 48.9 Å². The van der Waals surface area contributed by atoms with Gasteiger partial charge < -0.3 is 20.9 Å². The Hall–Kier alpha value is -2.34. The van der Waals surface area contributed by atoms with E-state index in [9.17, 15) is 5.11 Å². The first-order valence-corrected chi connectivity index (χ1v) is 8.40. The molecule has 0 radical (unpaired) electrons. The topological polar surface area (TPSA) is 93.3 Å². The number of benzene rings is 1. The predicted molar refractivity (Wildman–Crippen MR) is 91.9 cm³/mol. The Labute approximate surface area is 141 Å². The molecule has 2 aromatic rings. The van der Waals surface area contributed by atoms with E-state index >= 15 is 0 Å². The van der Waals surface area contributed by atoms with Crippen molar-refractivity contribution in [2.24, 2.45) is 5.92 Å². The SMILES string of the molecule is Cc1cc(NC(c2ccc3c(c2)CCO3)C2CC(O)C2)nc(N)n1. The molecule has 4 N–H and O–H groups in total. The molecule has 1 saturated carbocycles. The van der Waals surface area contributed by atoms with E-state index in [1.807, 2.05) is 19.1 Å². The van der Waals surface area contributed by atoms with Crippen molar-refractivity contribution >= 4 is 11.8 Å². The van der Waals surface area contributed by atoms with Gasteiger partial charge in [0.25, 0.3) is 0 Å². The maximum absolute atomic E-state index is 9.73. The molecule has 1 fully saturated rings. The molecule has 6 nitrogen and oxygen atoms in total. The maximum atomic E-state index is 9.73. The monoisotopic (exact) mass is 326 g/mol. The minimum Gasteiger partial charge on any atom is -0.493 e. The molecule has 1 atom stereocenters. The molecule has 2 heterocycles. The number of fused-ring (bicyclic) bond motifs is 1. The lowest BCUT2D eigenvalue weighted by Gasteiger charge is -2.38. The van der Waals surface area contributed by atoms with Gasteiger partial charge in [0.1, 0.15) is 11.6 Å². The number of aryl methyl sites for hydroxylation is 1. The van der Waals surface area contributed by atoms with E-state index in [0.29, 0.717) is 5.92 Å². The summed E-state index contributed by atoms with van der Waals surface area (Å²) in [5.41, 5.74) is 9.05. The normalized spacial score (nSPS) is 23.1. The van der Waals surface area contributed by atoms with Gasteiger partial charge in [0, 0.05) is 18.2 Å². The first kappa shape index (κ1) is 15.2. The largest absolute Gasteiger partial charge is 0.493 e.